The van der Waals surface area contributed by atoms with E-state index < -0.39 is 11.7 Å². The quantitative estimate of drug-likeness (QED) is 0.374. The van der Waals surface area contributed by atoms with Crippen molar-refractivity contribution in [2.24, 2.45) is 7.05 Å². The molecule has 1 N–H and O–H groups in total. The molecule has 0 saturated heterocycles. The standard InChI is InChI=1S/C23H18ClFN4OS/c1-29-21(27-28-23(29)31-14-15-6-10-17(24)11-7-15)16-8-12-18(13-9-16)26-22(30)19-4-2-3-5-20(19)25/h2-13H,14H2,1H3,(H,26,30). The molecule has 0 fully saturated rings. The van der Waals surface area contributed by atoms with Gasteiger partial charge in [0.15, 0.2) is 11.0 Å². The minimum atomic E-state index is -0.556. The molecule has 4 rings (SSSR count). The fraction of sp³-hybridized carbons (Fsp3) is 0.0870. The molecule has 3 aromatic carbocycles. The van der Waals surface area contributed by atoms with E-state index in [0.717, 1.165) is 22.0 Å². The van der Waals surface area contributed by atoms with Crippen molar-refractivity contribution in [3.63, 3.8) is 0 Å². The van der Waals surface area contributed by atoms with Gasteiger partial charge in [-0.3, -0.25) is 4.79 Å². The topological polar surface area (TPSA) is 59.8 Å². The van der Waals surface area contributed by atoms with Crippen LogP contribution in [0.3, 0.4) is 0 Å². The maximum absolute atomic E-state index is 13.8. The predicted molar refractivity (Wildman–Crippen MR) is 122 cm³/mol. The maximum Gasteiger partial charge on any atom is 0.258 e. The number of carbonyl (C=O) groups excluding carboxylic acids is 1. The summed E-state index contributed by atoms with van der Waals surface area (Å²) < 4.78 is 15.7. The summed E-state index contributed by atoms with van der Waals surface area (Å²) in [4.78, 5) is 12.3. The summed E-state index contributed by atoms with van der Waals surface area (Å²) in [5.74, 6) is 0.416. The van der Waals surface area contributed by atoms with Crippen LogP contribution in [0.5, 0.6) is 0 Å². The molecule has 1 aromatic heterocycles. The normalized spacial score (nSPS) is 10.8. The monoisotopic (exact) mass is 452 g/mol. The molecule has 0 radical (unpaired) electrons. The fourth-order valence-electron chi connectivity index (χ4n) is 2.97. The lowest BCUT2D eigenvalue weighted by molar-refractivity contribution is 0.102. The average molecular weight is 453 g/mol. The Morgan fingerprint density at radius 1 is 1.03 bits per heavy atom. The van der Waals surface area contributed by atoms with Gasteiger partial charge >= 0.3 is 0 Å². The van der Waals surface area contributed by atoms with Crippen LogP contribution < -0.4 is 5.32 Å². The van der Waals surface area contributed by atoms with E-state index in [0.29, 0.717) is 16.5 Å². The van der Waals surface area contributed by atoms with E-state index in [1.165, 1.54) is 12.1 Å². The molecule has 8 heteroatoms. The highest BCUT2D eigenvalue weighted by Gasteiger charge is 2.13. The Hall–Kier alpha value is -3.16. The zero-order chi connectivity index (χ0) is 21.8. The lowest BCUT2D eigenvalue weighted by atomic mass is 10.1. The summed E-state index contributed by atoms with van der Waals surface area (Å²) in [6.07, 6.45) is 0. The van der Waals surface area contributed by atoms with Gasteiger partial charge in [-0.15, -0.1) is 10.2 Å². The summed E-state index contributed by atoms with van der Waals surface area (Å²) in [7, 11) is 1.91. The average Bonchev–Trinajstić information content (AvgIpc) is 3.14. The minimum Gasteiger partial charge on any atom is -0.322 e. The largest absolute Gasteiger partial charge is 0.322 e. The third kappa shape index (κ3) is 4.95. The maximum atomic E-state index is 13.8. The van der Waals surface area contributed by atoms with E-state index in [-0.39, 0.29) is 5.56 Å². The lowest BCUT2D eigenvalue weighted by Gasteiger charge is -2.08. The van der Waals surface area contributed by atoms with Gasteiger partial charge in [0.25, 0.3) is 5.91 Å². The van der Waals surface area contributed by atoms with Crippen molar-refractivity contribution < 1.29 is 9.18 Å². The van der Waals surface area contributed by atoms with Crippen molar-refractivity contribution in [3.8, 4) is 11.4 Å². The first-order chi connectivity index (χ1) is 15.0. The number of amides is 1. The summed E-state index contributed by atoms with van der Waals surface area (Å²) in [5, 5.41) is 12.8. The highest BCUT2D eigenvalue weighted by atomic mass is 35.5. The Kier molecular flexibility index (Phi) is 6.34. The van der Waals surface area contributed by atoms with Crippen LogP contribution in [-0.4, -0.2) is 20.7 Å². The molecule has 0 saturated carbocycles. The van der Waals surface area contributed by atoms with Crippen LogP contribution in [0.4, 0.5) is 10.1 Å². The Bertz CT molecular complexity index is 1210. The molecule has 5 nitrogen and oxygen atoms in total. The number of aromatic nitrogens is 3. The van der Waals surface area contributed by atoms with E-state index >= 15 is 0 Å². The molecule has 31 heavy (non-hydrogen) atoms. The minimum absolute atomic E-state index is 0.00207. The van der Waals surface area contributed by atoms with Crippen LogP contribution >= 0.6 is 23.4 Å². The number of halogens is 2. The Morgan fingerprint density at radius 3 is 2.45 bits per heavy atom. The molecule has 0 spiro atoms. The molecular weight excluding hydrogens is 435 g/mol. The Morgan fingerprint density at radius 2 is 1.74 bits per heavy atom. The van der Waals surface area contributed by atoms with Gasteiger partial charge in [-0.25, -0.2) is 4.39 Å². The molecule has 0 atom stereocenters. The second-order valence-corrected chi connectivity index (χ2v) is 8.17. The summed E-state index contributed by atoms with van der Waals surface area (Å²) in [6, 6.07) is 20.8. The van der Waals surface area contributed by atoms with Gasteiger partial charge in [0.2, 0.25) is 0 Å². The first-order valence-electron chi connectivity index (χ1n) is 9.44. The van der Waals surface area contributed by atoms with Crippen molar-refractivity contribution in [3.05, 3.63) is 94.8 Å². The summed E-state index contributed by atoms with van der Waals surface area (Å²) in [5.41, 5.74) is 2.57. The SMILES string of the molecule is Cn1c(SCc2ccc(Cl)cc2)nnc1-c1ccc(NC(=O)c2ccccc2F)cc1. The number of nitrogens with zero attached hydrogens (tertiary/aromatic N) is 3. The molecule has 1 heterocycles. The van der Waals surface area contributed by atoms with Gasteiger partial charge in [0.05, 0.1) is 5.56 Å². The second kappa shape index (κ2) is 9.32. The number of rotatable bonds is 6. The smallest absolute Gasteiger partial charge is 0.258 e. The van der Waals surface area contributed by atoms with E-state index in [1.807, 2.05) is 48.0 Å². The van der Waals surface area contributed by atoms with Gasteiger partial charge in [-0.05, 0) is 54.1 Å². The van der Waals surface area contributed by atoms with Crippen LogP contribution in [0.15, 0.2) is 78.0 Å². The van der Waals surface area contributed by atoms with Crippen molar-refractivity contribution >= 4 is 35.0 Å². The zero-order valence-electron chi connectivity index (χ0n) is 16.5. The van der Waals surface area contributed by atoms with Gasteiger partial charge in [0.1, 0.15) is 5.82 Å². The number of carbonyl (C=O) groups is 1. The van der Waals surface area contributed by atoms with Crippen LogP contribution in [0.2, 0.25) is 5.02 Å². The summed E-state index contributed by atoms with van der Waals surface area (Å²) >= 11 is 7.51. The van der Waals surface area contributed by atoms with Crippen LogP contribution in [0, 0.1) is 5.82 Å². The molecule has 0 aliphatic rings. The number of nitrogens with one attached hydrogen (secondary N) is 1. The molecule has 4 aromatic rings. The van der Waals surface area contributed by atoms with Gasteiger partial charge in [0, 0.05) is 29.1 Å². The first-order valence-corrected chi connectivity index (χ1v) is 10.8. The zero-order valence-corrected chi connectivity index (χ0v) is 18.1. The number of thioether (sulfide) groups is 1. The third-order valence-electron chi connectivity index (χ3n) is 4.64. The number of benzene rings is 3. The number of anilines is 1. The van der Waals surface area contributed by atoms with Gasteiger partial charge in [-0.1, -0.05) is 47.6 Å². The molecule has 0 bridgehead atoms. The molecule has 0 aliphatic heterocycles. The van der Waals surface area contributed by atoms with Crippen LogP contribution in [0.25, 0.3) is 11.4 Å². The van der Waals surface area contributed by atoms with Crippen molar-refractivity contribution in [2.75, 3.05) is 5.32 Å². The Balaban J connectivity index is 1.44. The van der Waals surface area contributed by atoms with Crippen molar-refractivity contribution in [1.29, 1.82) is 0 Å². The lowest BCUT2D eigenvalue weighted by Crippen LogP contribution is -2.13. The van der Waals surface area contributed by atoms with E-state index in [9.17, 15) is 9.18 Å². The molecule has 0 aliphatic carbocycles. The molecule has 156 valence electrons. The molecule has 1 amide bonds. The second-order valence-electron chi connectivity index (χ2n) is 6.79. The van der Waals surface area contributed by atoms with Crippen molar-refractivity contribution in [2.45, 2.75) is 10.9 Å². The van der Waals surface area contributed by atoms with E-state index in [4.69, 9.17) is 11.6 Å². The highest BCUT2D eigenvalue weighted by molar-refractivity contribution is 7.98. The van der Waals surface area contributed by atoms with Gasteiger partial charge in [-0.2, -0.15) is 0 Å². The Labute approximate surface area is 188 Å². The number of hydrogen-bond donors (Lipinski definition) is 1. The fourth-order valence-corrected chi connectivity index (χ4v) is 3.96. The predicted octanol–water partition coefficient (Wildman–Crippen LogP) is 5.82. The number of hydrogen-bond acceptors (Lipinski definition) is 4. The van der Waals surface area contributed by atoms with Crippen molar-refractivity contribution in [1.82, 2.24) is 14.8 Å². The third-order valence-corrected chi connectivity index (χ3v) is 5.98. The highest BCUT2D eigenvalue weighted by Crippen LogP contribution is 2.26. The molecule has 0 unspecified atom stereocenters. The molecular formula is C23H18ClFN4OS. The van der Waals surface area contributed by atoms with E-state index in [2.05, 4.69) is 15.5 Å². The van der Waals surface area contributed by atoms with Crippen LogP contribution in [-0.2, 0) is 12.8 Å². The summed E-state index contributed by atoms with van der Waals surface area (Å²) in [6.45, 7) is 0. The first kappa shape index (κ1) is 21.1. The van der Waals surface area contributed by atoms with E-state index in [1.54, 1.807) is 36.0 Å². The van der Waals surface area contributed by atoms with Crippen LogP contribution in [0.1, 0.15) is 15.9 Å². The van der Waals surface area contributed by atoms with Gasteiger partial charge < -0.3 is 9.88 Å².